The molecule has 0 bridgehead atoms. The van der Waals surface area contributed by atoms with Crippen molar-refractivity contribution >= 4 is 5.69 Å². The molecule has 0 spiro atoms. The van der Waals surface area contributed by atoms with Gasteiger partial charge in [0.05, 0.1) is 5.69 Å². The van der Waals surface area contributed by atoms with Gasteiger partial charge >= 0.3 is 0 Å². The maximum Gasteiger partial charge on any atom is 0.0552 e. The molecule has 1 aliphatic heterocycles. The maximum absolute atomic E-state index is 5.85. The van der Waals surface area contributed by atoms with Crippen molar-refractivity contribution in [3.8, 4) is 0 Å². The molecular formula is C11H16N2. The Kier molecular flexibility index (Phi) is 2.00. The number of fused-ring (bicyclic) bond motifs is 1. The Bertz CT molecular complexity index is 318. The van der Waals surface area contributed by atoms with Crippen molar-refractivity contribution in [2.45, 2.75) is 26.2 Å². The summed E-state index contributed by atoms with van der Waals surface area (Å²) < 4.78 is 0. The summed E-state index contributed by atoms with van der Waals surface area (Å²) in [6.07, 6.45) is 1.09. The first kappa shape index (κ1) is 8.57. The summed E-state index contributed by atoms with van der Waals surface area (Å²) in [5.41, 5.74) is 3.97. The van der Waals surface area contributed by atoms with Gasteiger partial charge in [-0.2, -0.15) is 0 Å². The molecule has 0 saturated carbocycles. The van der Waals surface area contributed by atoms with Crippen LogP contribution in [0.15, 0.2) is 18.2 Å². The molecule has 0 fully saturated rings. The third-order valence-corrected chi connectivity index (χ3v) is 2.71. The summed E-state index contributed by atoms with van der Waals surface area (Å²) in [7, 11) is 0. The fourth-order valence-corrected chi connectivity index (χ4v) is 1.78. The SMILES string of the molecule is CC(C)c1ccc2c(c1)N(N)CC2. The lowest BCUT2D eigenvalue weighted by Crippen LogP contribution is -2.28. The van der Waals surface area contributed by atoms with Gasteiger partial charge in [-0.1, -0.05) is 26.0 Å². The average molecular weight is 176 g/mol. The van der Waals surface area contributed by atoms with Gasteiger partial charge in [-0.3, -0.25) is 0 Å². The molecular weight excluding hydrogens is 160 g/mol. The van der Waals surface area contributed by atoms with Gasteiger partial charge in [-0.05, 0) is 29.5 Å². The summed E-state index contributed by atoms with van der Waals surface area (Å²) in [5, 5.41) is 1.85. The van der Waals surface area contributed by atoms with E-state index in [1.807, 2.05) is 5.01 Å². The molecule has 13 heavy (non-hydrogen) atoms. The number of rotatable bonds is 1. The van der Waals surface area contributed by atoms with Crippen molar-refractivity contribution in [2.24, 2.45) is 5.84 Å². The van der Waals surface area contributed by atoms with Gasteiger partial charge in [0.15, 0.2) is 0 Å². The van der Waals surface area contributed by atoms with E-state index in [0.717, 1.165) is 13.0 Å². The predicted molar refractivity (Wildman–Crippen MR) is 55.8 cm³/mol. The average Bonchev–Trinajstić information content (AvgIpc) is 2.47. The van der Waals surface area contributed by atoms with E-state index in [0.29, 0.717) is 5.92 Å². The van der Waals surface area contributed by atoms with Gasteiger partial charge in [0, 0.05) is 6.54 Å². The molecule has 1 aromatic rings. The van der Waals surface area contributed by atoms with Crippen LogP contribution in [0.4, 0.5) is 5.69 Å². The minimum Gasteiger partial charge on any atom is -0.310 e. The van der Waals surface area contributed by atoms with Gasteiger partial charge in [0.1, 0.15) is 0 Å². The molecule has 0 aliphatic carbocycles. The van der Waals surface area contributed by atoms with E-state index in [1.165, 1.54) is 16.8 Å². The lowest BCUT2D eigenvalue weighted by atomic mass is 10.0. The molecule has 1 aromatic carbocycles. The maximum atomic E-state index is 5.85. The molecule has 2 heteroatoms. The molecule has 1 heterocycles. The smallest absolute Gasteiger partial charge is 0.0552 e. The second kappa shape index (κ2) is 3.04. The zero-order chi connectivity index (χ0) is 9.42. The molecule has 0 atom stereocenters. The van der Waals surface area contributed by atoms with Crippen LogP contribution in [0.2, 0.25) is 0 Å². The Balaban J connectivity index is 2.42. The standard InChI is InChI=1S/C11H16N2/c1-8(2)10-4-3-9-5-6-13(12)11(9)7-10/h3-4,7-8H,5-6,12H2,1-2H3. The van der Waals surface area contributed by atoms with Gasteiger partial charge < -0.3 is 5.01 Å². The van der Waals surface area contributed by atoms with E-state index in [9.17, 15) is 0 Å². The molecule has 0 amide bonds. The van der Waals surface area contributed by atoms with Crippen LogP contribution in [-0.2, 0) is 6.42 Å². The highest BCUT2D eigenvalue weighted by molar-refractivity contribution is 5.58. The highest BCUT2D eigenvalue weighted by atomic mass is 15.4. The minimum atomic E-state index is 0.583. The molecule has 0 radical (unpaired) electrons. The molecule has 0 aromatic heterocycles. The molecule has 0 saturated heterocycles. The predicted octanol–water partition coefficient (Wildman–Crippen LogP) is 2.05. The zero-order valence-corrected chi connectivity index (χ0v) is 8.25. The highest BCUT2D eigenvalue weighted by Gasteiger charge is 2.16. The van der Waals surface area contributed by atoms with Gasteiger partial charge in [-0.25, -0.2) is 5.84 Å². The molecule has 70 valence electrons. The second-order valence-corrected chi connectivity index (χ2v) is 3.99. The number of nitrogens with zero attached hydrogens (tertiary/aromatic N) is 1. The number of benzene rings is 1. The first-order valence-electron chi connectivity index (χ1n) is 4.83. The normalized spacial score (nSPS) is 15.2. The lowest BCUT2D eigenvalue weighted by molar-refractivity contribution is 0.862. The van der Waals surface area contributed by atoms with Crippen molar-refractivity contribution in [1.82, 2.24) is 0 Å². The van der Waals surface area contributed by atoms with E-state index in [4.69, 9.17) is 5.84 Å². The van der Waals surface area contributed by atoms with Crippen molar-refractivity contribution in [1.29, 1.82) is 0 Å². The summed E-state index contributed by atoms with van der Waals surface area (Å²) in [5.74, 6) is 6.43. The van der Waals surface area contributed by atoms with E-state index in [2.05, 4.69) is 32.0 Å². The van der Waals surface area contributed by atoms with Crippen LogP contribution in [0.1, 0.15) is 30.9 Å². The summed E-state index contributed by atoms with van der Waals surface area (Å²) >= 11 is 0. The third-order valence-electron chi connectivity index (χ3n) is 2.71. The Morgan fingerprint density at radius 2 is 2.15 bits per heavy atom. The van der Waals surface area contributed by atoms with Crippen molar-refractivity contribution < 1.29 is 0 Å². The minimum absolute atomic E-state index is 0.583. The number of anilines is 1. The van der Waals surface area contributed by atoms with E-state index < -0.39 is 0 Å². The summed E-state index contributed by atoms with van der Waals surface area (Å²) in [6, 6.07) is 6.63. The number of hydrazine groups is 1. The van der Waals surface area contributed by atoms with Gasteiger partial charge in [-0.15, -0.1) is 0 Å². The van der Waals surface area contributed by atoms with Crippen molar-refractivity contribution in [2.75, 3.05) is 11.6 Å². The van der Waals surface area contributed by atoms with Crippen LogP contribution in [0.3, 0.4) is 0 Å². The Morgan fingerprint density at radius 1 is 1.38 bits per heavy atom. The number of hydrogen-bond donors (Lipinski definition) is 1. The number of nitrogens with two attached hydrogens (primary N) is 1. The third kappa shape index (κ3) is 1.42. The first-order valence-corrected chi connectivity index (χ1v) is 4.83. The summed E-state index contributed by atoms with van der Waals surface area (Å²) in [4.78, 5) is 0. The highest BCUT2D eigenvalue weighted by Crippen LogP contribution is 2.28. The molecule has 1 aliphatic rings. The summed E-state index contributed by atoms with van der Waals surface area (Å²) in [6.45, 7) is 5.37. The van der Waals surface area contributed by atoms with Crippen LogP contribution in [0.25, 0.3) is 0 Å². The van der Waals surface area contributed by atoms with Crippen molar-refractivity contribution in [3.63, 3.8) is 0 Å². The fraction of sp³-hybridized carbons (Fsp3) is 0.455. The lowest BCUT2D eigenvalue weighted by Gasteiger charge is -2.13. The van der Waals surface area contributed by atoms with Crippen LogP contribution in [0.5, 0.6) is 0 Å². The second-order valence-electron chi connectivity index (χ2n) is 3.99. The Labute approximate surface area is 79.3 Å². The van der Waals surface area contributed by atoms with E-state index in [1.54, 1.807) is 0 Å². The van der Waals surface area contributed by atoms with Gasteiger partial charge in [0.2, 0.25) is 0 Å². The molecule has 2 rings (SSSR count). The Morgan fingerprint density at radius 3 is 2.85 bits per heavy atom. The Hall–Kier alpha value is -1.02. The topological polar surface area (TPSA) is 29.3 Å². The van der Waals surface area contributed by atoms with Crippen LogP contribution in [-0.4, -0.2) is 6.54 Å². The van der Waals surface area contributed by atoms with Gasteiger partial charge in [0.25, 0.3) is 0 Å². The quantitative estimate of drug-likeness (QED) is 0.663. The molecule has 0 unspecified atom stereocenters. The number of hydrogen-bond acceptors (Lipinski definition) is 2. The zero-order valence-electron chi connectivity index (χ0n) is 8.25. The van der Waals surface area contributed by atoms with Crippen LogP contribution >= 0.6 is 0 Å². The van der Waals surface area contributed by atoms with Crippen LogP contribution in [0, 0.1) is 0 Å². The largest absolute Gasteiger partial charge is 0.310 e. The van der Waals surface area contributed by atoms with E-state index in [-0.39, 0.29) is 0 Å². The molecule has 2 N–H and O–H groups in total. The fourth-order valence-electron chi connectivity index (χ4n) is 1.78. The first-order chi connectivity index (χ1) is 6.18. The monoisotopic (exact) mass is 176 g/mol. The van der Waals surface area contributed by atoms with Crippen LogP contribution < -0.4 is 10.9 Å². The van der Waals surface area contributed by atoms with E-state index >= 15 is 0 Å². The van der Waals surface area contributed by atoms with Crippen molar-refractivity contribution in [3.05, 3.63) is 29.3 Å². The molecule has 2 nitrogen and oxygen atoms in total.